The number of halogens is 2. The molecule has 2 atom stereocenters. The van der Waals surface area contributed by atoms with Crippen molar-refractivity contribution in [2.75, 3.05) is 0 Å². The molecule has 4 aliphatic rings. The molecule has 1 aliphatic heterocycles. The Labute approximate surface area is 249 Å². The Balaban J connectivity index is 1.08. The van der Waals surface area contributed by atoms with Gasteiger partial charge in [-0.15, -0.1) is 0 Å². The number of hydrazine groups is 1. The summed E-state index contributed by atoms with van der Waals surface area (Å²) in [5.41, 5.74) is 9.63. The molecule has 40 heavy (non-hydrogen) atoms. The maximum absolute atomic E-state index is 13.7. The van der Waals surface area contributed by atoms with Gasteiger partial charge in [0.15, 0.2) is 0 Å². The molecule has 198 valence electrons. The molecule has 5 nitrogen and oxygen atoms in total. The van der Waals surface area contributed by atoms with Crippen molar-refractivity contribution >= 4 is 49.8 Å². The van der Waals surface area contributed by atoms with Crippen LogP contribution in [-0.4, -0.2) is 16.8 Å². The Hall–Kier alpha value is -3.68. The molecule has 0 spiro atoms. The molecule has 2 amide bonds. The zero-order valence-corrected chi connectivity index (χ0v) is 24.4. The standard InChI is InChI=1S/C33H24Br2N2O3/c34-21-12-9-20(10-13-21)18-40-27-14-11-19(17-26(27)35)15-16-36-37-32(38)30-28-22-5-1-2-6-23(22)29(31(30)33(37)39)25-8-4-3-7-24(25)28/h1-17,28-31,36H,18H2/b16-15+/t28?,29?,30-,31+. The van der Waals surface area contributed by atoms with Gasteiger partial charge in [0, 0.05) is 22.5 Å². The maximum atomic E-state index is 13.7. The van der Waals surface area contributed by atoms with Crippen LogP contribution in [-0.2, 0) is 16.2 Å². The molecule has 3 aliphatic carbocycles. The Kier molecular flexibility index (Phi) is 6.36. The highest BCUT2D eigenvalue weighted by atomic mass is 79.9. The van der Waals surface area contributed by atoms with Gasteiger partial charge in [0.05, 0.1) is 16.3 Å². The number of benzene rings is 4. The average Bonchev–Trinajstić information content (AvgIpc) is 3.23. The molecule has 0 saturated carbocycles. The molecule has 2 bridgehead atoms. The predicted molar refractivity (Wildman–Crippen MR) is 160 cm³/mol. The van der Waals surface area contributed by atoms with Crippen molar-refractivity contribution in [3.63, 3.8) is 0 Å². The molecule has 4 aromatic carbocycles. The molecule has 1 fully saturated rings. The van der Waals surface area contributed by atoms with Crippen LogP contribution in [0.5, 0.6) is 5.75 Å². The van der Waals surface area contributed by atoms with Gasteiger partial charge in [-0.25, -0.2) is 0 Å². The van der Waals surface area contributed by atoms with E-state index in [-0.39, 0.29) is 23.7 Å². The van der Waals surface area contributed by atoms with Gasteiger partial charge in [0.2, 0.25) is 0 Å². The first-order valence-electron chi connectivity index (χ1n) is 13.2. The first kappa shape index (κ1) is 25.3. The summed E-state index contributed by atoms with van der Waals surface area (Å²) in [7, 11) is 0. The van der Waals surface area contributed by atoms with Crippen LogP contribution in [0.25, 0.3) is 6.08 Å². The molecule has 8 rings (SSSR count). The molecule has 4 aromatic rings. The lowest BCUT2D eigenvalue weighted by atomic mass is 9.55. The van der Waals surface area contributed by atoms with Crippen molar-refractivity contribution in [1.82, 2.24) is 10.4 Å². The van der Waals surface area contributed by atoms with Crippen LogP contribution in [0, 0.1) is 11.8 Å². The monoisotopic (exact) mass is 654 g/mol. The van der Waals surface area contributed by atoms with E-state index in [0.717, 1.165) is 25.8 Å². The minimum absolute atomic E-state index is 0.115. The number of carbonyl (C=O) groups is 2. The second-order valence-corrected chi connectivity index (χ2v) is 12.1. The number of hydrogen-bond acceptors (Lipinski definition) is 4. The van der Waals surface area contributed by atoms with Gasteiger partial charge in [0.1, 0.15) is 12.4 Å². The van der Waals surface area contributed by atoms with Crippen molar-refractivity contribution < 1.29 is 14.3 Å². The van der Waals surface area contributed by atoms with Crippen LogP contribution >= 0.6 is 31.9 Å². The van der Waals surface area contributed by atoms with E-state index in [1.54, 1.807) is 6.20 Å². The maximum Gasteiger partial charge on any atom is 0.253 e. The van der Waals surface area contributed by atoms with Crippen LogP contribution in [0.15, 0.2) is 106 Å². The number of hydrogen-bond donors (Lipinski definition) is 1. The molecular weight excluding hydrogens is 632 g/mol. The smallest absolute Gasteiger partial charge is 0.253 e. The fraction of sp³-hybridized carbons (Fsp3) is 0.152. The zero-order valence-electron chi connectivity index (χ0n) is 21.3. The fourth-order valence-electron chi connectivity index (χ4n) is 6.49. The number of amides is 2. The summed E-state index contributed by atoms with van der Waals surface area (Å²) >= 11 is 7.04. The summed E-state index contributed by atoms with van der Waals surface area (Å²) in [4.78, 5) is 27.4. The van der Waals surface area contributed by atoms with Crippen LogP contribution in [0.4, 0.5) is 0 Å². The van der Waals surface area contributed by atoms with Crippen LogP contribution in [0.1, 0.15) is 45.2 Å². The Bertz CT molecular complexity index is 1570. The van der Waals surface area contributed by atoms with E-state index in [1.165, 1.54) is 27.3 Å². The van der Waals surface area contributed by atoms with Crippen molar-refractivity contribution in [2.45, 2.75) is 18.4 Å². The van der Waals surface area contributed by atoms with Gasteiger partial charge >= 0.3 is 0 Å². The van der Waals surface area contributed by atoms with Crippen molar-refractivity contribution in [2.24, 2.45) is 11.8 Å². The lowest BCUT2D eigenvalue weighted by molar-refractivity contribution is -0.142. The SMILES string of the molecule is O=C1[C@@H]2C3c4ccccc4C(c4ccccc43)[C@@H]2C(=O)N1N/C=C/c1ccc(OCc2ccc(Br)cc2)c(Br)c1. The predicted octanol–water partition coefficient (Wildman–Crippen LogP) is 7.16. The van der Waals surface area contributed by atoms with Gasteiger partial charge in [-0.1, -0.05) is 82.7 Å². The number of rotatable bonds is 6. The Morgan fingerprint density at radius 1 is 0.750 bits per heavy atom. The highest BCUT2D eigenvalue weighted by Crippen LogP contribution is 2.60. The molecular formula is C33H24Br2N2O3. The highest BCUT2D eigenvalue weighted by molar-refractivity contribution is 9.10. The van der Waals surface area contributed by atoms with E-state index in [0.29, 0.717) is 6.61 Å². The van der Waals surface area contributed by atoms with Crippen LogP contribution in [0.2, 0.25) is 0 Å². The zero-order chi connectivity index (χ0) is 27.4. The van der Waals surface area contributed by atoms with Gasteiger partial charge in [0.25, 0.3) is 11.8 Å². The second kappa shape index (κ2) is 10.1. The third kappa shape index (κ3) is 4.11. The quantitative estimate of drug-likeness (QED) is 0.224. The number of ether oxygens (including phenoxy) is 1. The van der Waals surface area contributed by atoms with Gasteiger partial charge in [-0.2, -0.15) is 5.01 Å². The lowest BCUT2D eigenvalue weighted by Gasteiger charge is -2.45. The molecule has 1 saturated heterocycles. The topological polar surface area (TPSA) is 58.6 Å². The van der Waals surface area contributed by atoms with Gasteiger partial charge in [-0.05, 0) is 79.7 Å². The highest BCUT2D eigenvalue weighted by Gasteiger charge is 2.61. The summed E-state index contributed by atoms with van der Waals surface area (Å²) in [5.74, 6) is -0.644. The fourth-order valence-corrected chi connectivity index (χ4v) is 7.27. The van der Waals surface area contributed by atoms with E-state index in [2.05, 4.69) is 61.6 Å². The Morgan fingerprint density at radius 2 is 1.30 bits per heavy atom. The number of imide groups is 1. The molecule has 7 heteroatoms. The molecule has 1 heterocycles. The summed E-state index contributed by atoms with van der Waals surface area (Å²) in [6.45, 7) is 0.458. The van der Waals surface area contributed by atoms with E-state index in [1.807, 2.05) is 72.8 Å². The summed E-state index contributed by atoms with van der Waals surface area (Å²) < 4.78 is 7.81. The second-order valence-electron chi connectivity index (χ2n) is 10.3. The lowest BCUT2D eigenvalue weighted by Crippen LogP contribution is -2.41. The van der Waals surface area contributed by atoms with Crippen molar-refractivity contribution in [3.8, 4) is 5.75 Å². The van der Waals surface area contributed by atoms with E-state index in [4.69, 9.17) is 4.74 Å². The van der Waals surface area contributed by atoms with Crippen LogP contribution in [0.3, 0.4) is 0 Å². The first-order valence-corrected chi connectivity index (χ1v) is 14.7. The molecule has 0 radical (unpaired) electrons. The van der Waals surface area contributed by atoms with E-state index >= 15 is 0 Å². The molecule has 0 aromatic heterocycles. The summed E-state index contributed by atoms with van der Waals surface area (Å²) in [5, 5.41) is 1.22. The van der Waals surface area contributed by atoms with E-state index < -0.39 is 11.8 Å². The minimum Gasteiger partial charge on any atom is -0.488 e. The van der Waals surface area contributed by atoms with Crippen LogP contribution < -0.4 is 10.2 Å². The number of carbonyl (C=O) groups excluding carboxylic acids is 2. The third-order valence-electron chi connectivity index (χ3n) is 8.19. The minimum atomic E-state index is -0.403. The van der Waals surface area contributed by atoms with E-state index in [9.17, 15) is 9.59 Å². The molecule has 0 unspecified atom stereocenters. The van der Waals surface area contributed by atoms with Gasteiger partial charge < -0.3 is 4.74 Å². The normalized spacial score (nSPS) is 22.3. The summed E-state index contributed by atoms with van der Waals surface area (Å²) in [6.07, 6.45) is 3.49. The number of nitrogens with zero attached hydrogens (tertiary/aromatic N) is 1. The van der Waals surface area contributed by atoms with Crippen molar-refractivity contribution in [3.05, 3.63) is 140 Å². The first-order chi connectivity index (χ1) is 19.5. The Morgan fingerprint density at radius 3 is 1.82 bits per heavy atom. The molecule has 1 N–H and O–H groups in total. The van der Waals surface area contributed by atoms with Gasteiger partial charge in [-0.3, -0.25) is 15.0 Å². The average molecular weight is 656 g/mol. The number of nitrogens with one attached hydrogen (secondary N) is 1. The summed E-state index contributed by atoms with van der Waals surface area (Å²) in [6, 6.07) is 30.3. The largest absolute Gasteiger partial charge is 0.488 e. The third-order valence-corrected chi connectivity index (χ3v) is 9.34. The van der Waals surface area contributed by atoms with Crippen molar-refractivity contribution in [1.29, 1.82) is 0 Å².